The first-order valence-corrected chi connectivity index (χ1v) is 7.83. The van der Waals surface area contributed by atoms with Crippen molar-refractivity contribution in [2.24, 2.45) is 0 Å². The van der Waals surface area contributed by atoms with Crippen molar-refractivity contribution in [3.05, 3.63) is 66.9 Å². The van der Waals surface area contributed by atoms with Crippen LogP contribution < -0.4 is 15.4 Å². The summed E-state index contributed by atoms with van der Waals surface area (Å²) in [6, 6.07) is 13.7. The molecule has 3 aromatic rings. The van der Waals surface area contributed by atoms with Crippen molar-refractivity contribution in [2.45, 2.75) is 0 Å². The number of ether oxygens (including phenoxy) is 1. The number of carbonyl (C=O) groups is 2. The fourth-order valence-corrected chi connectivity index (χ4v) is 2.48. The van der Waals surface area contributed by atoms with Crippen LogP contribution in [0.3, 0.4) is 0 Å². The first kappa shape index (κ1) is 17.1. The van der Waals surface area contributed by atoms with E-state index in [2.05, 4.69) is 22.2 Å². The Balaban J connectivity index is 1.82. The Morgan fingerprint density at radius 3 is 2.54 bits per heavy atom. The number of aromatic nitrogens is 1. The maximum atomic E-state index is 12.5. The molecule has 4 N–H and O–H groups in total. The number of hydrogen-bond acceptors (Lipinski definition) is 3. The highest BCUT2D eigenvalue weighted by Gasteiger charge is 2.13. The van der Waals surface area contributed by atoms with Crippen LogP contribution in [0.2, 0.25) is 0 Å². The monoisotopic (exact) mass is 351 g/mol. The lowest BCUT2D eigenvalue weighted by Crippen LogP contribution is -2.15. The summed E-state index contributed by atoms with van der Waals surface area (Å²) in [5, 5.41) is 14.7. The number of hydrogen-bond donors (Lipinski definition) is 4. The third-order valence-corrected chi connectivity index (χ3v) is 3.62. The van der Waals surface area contributed by atoms with Crippen molar-refractivity contribution >= 4 is 34.3 Å². The molecule has 7 heteroatoms. The van der Waals surface area contributed by atoms with Crippen molar-refractivity contribution in [2.75, 3.05) is 17.2 Å². The van der Waals surface area contributed by atoms with Gasteiger partial charge in [-0.25, -0.2) is 4.79 Å². The minimum Gasteiger partial charge on any atom is -0.490 e. The molecule has 7 nitrogen and oxygen atoms in total. The Hall–Kier alpha value is -3.74. The maximum Gasteiger partial charge on any atom is 0.409 e. The number of carboxylic acid groups (broad SMARTS) is 1. The van der Waals surface area contributed by atoms with E-state index >= 15 is 0 Å². The number of fused-ring (bicyclic) bond motifs is 1. The van der Waals surface area contributed by atoms with Gasteiger partial charge in [-0.15, -0.1) is 0 Å². The highest BCUT2D eigenvalue weighted by molar-refractivity contribution is 6.08. The molecule has 0 aliphatic rings. The number of benzene rings is 2. The van der Waals surface area contributed by atoms with E-state index in [0.29, 0.717) is 29.4 Å². The summed E-state index contributed by atoms with van der Waals surface area (Å²) in [5.74, 6) is 0.300. The van der Waals surface area contributed by atoms with Crippen LogP contribution in [0.15, 0.2) is 61.2 Å². The molecule has 0 fully saturated rings. The summed E-state index contributed by atoms with van der Waals surface area (Å²) >= 11 is 0. The number of amides is 2. The van der Waals surface area contributed by atoms with Crippen LogP contribution >= 0.6 is 0 Å². The van der Waals surface area contributed by atoms with E-state index in [0.717, 1.165) is 10.9 Å². The Bertz CT molecular complexity index is 978. The Morgan fingerprint density at radius 2 is 1.85 bits per heavy atom. The van der Waals surface area contributed by atoms with Gasteiger partial charge >= 0.3 is 6.09 Å². The van der Waals surface area contributed by atoms with Gasteiger partial charge in [-0.2, -0.15) is 0 Å². The minimum absolute atomic E-state index is 0.296. The summed E-state index contributed by atoms with van der Waals surface area (Å²) in [5.41, 5.74) is 1.81. The fraction of sp³-hybridized carbons (Fsp3) is 0.0526. The summed E-state index contributed by atoms with van der Waals surface area (Å²) in [7, 11) is 0. The van der Waals surface area contributed by atoms with Crippen molar-refractivity contribution in [3.8, 4) is 5.75 Å². The SMILES string of the molecule is C=CCOc1ccc2[nH]c(C(=O)Nc3ccccc3NC(=O)O)cc2c1. The second kappa shape index (κ2) is 7.43. The van der Waals surface area contributed by atoms with Gasteiger partial charge in [0.25, 0.3) is 5.91 Å². The van der Waals surface area contributed by atoms with E-state index in [1.54, 1.807) is 42.5 Å². The normalized spacial score (nSPS) is 10.3. The zero-order chi connectivity index (χ0) is 18.5. The molecule has 132 valence electrons. The molecule has 0 bridgehead atoms. The average Bonchev–Trinajstić information content (AvgIpc) is 3.04. The van der Waals surface area contributed by atoms with Crippen LogP contribution in [0.25, 0.3) is 10.9 Å². The zero-order valence-electron chi connectivity index (χ0n) is 13.8. The molecule has 0 aliphatic carbocycles. The highest BCUT2D eigenvalue weighted by Crippen LogP contribution is 2.24. The number of anilines is 2. The summed E-state index contributed by atoms with van der Waals surface area (Å²) in [6.07, 6.45) is 0.451. The third-order valence-electron chi connectivity index (χ3n) is 3.62. The molecular formula is C19H17N3O4. The second-order valence-corrected chi connectivity index (χ2v) is 5.46. The topological polar surface area (TPSA) is 103 Å². The van der Waals surface area contributed by atoms with E-state index in [-0.39, 0.29) is 5.91 Å². The Morgan fingerprint density at radius 1 is 1.12 bits per heavy atom. The van der Waals surface area contributed by atoms with E-state index < -0.39 is 6.09 Å². The average molecular weight is 351 g/mol. The van der Waals surface area contributed by atoms with Crippen LogP contribution in [0.1, 0.15) is 10.5 Å². The molecule has 0 atom stereocenters. The molecule has 2 aromatic carbocycles. The largest absolute Gasteiger partial charge is 0.490 e. The fourth-order valence-electron chi connectivity index (χ4n) is 2.48. The minimum atomic E-state index is -1.20. The van der Waals surface area contributed by atoms with Crippen LogP contribution in [0, 0.1) is 0 Å². The first-order chi connectivity index (χ1) is 12.6. The van der Waals surface area contributed by atoms with Gasteiger partial charge in [-0.3, -0.25) is 10.1 Å². The lowest BCUT2D eigenvalue weighted by molar-refractivity contribution is 0.102. The predicted molar refractivity (Wildman–Crippen MR) is 100 cm³/mol. The van der Waals surface area contributed by atoms with Crippen molar-refractivity contribution < 1.29 is 19.4 Å². The quantitative estimate of drug-likeness (QED) is 0.502. The lowest BCUT2D eigenvalue weighted by atomic mass is 10.2. The van der Waals surface area contributed by atoms with Gasteiger partial charge in [0, 0.05) is 10.9 Å². The van der Waals surface area contributed by atoms with E-state index in [4.69, 9.17) is 9.84 Å². The van der Waals surface area contributed by atoms with E-state index in [1.807, 2.05) is 12.1 Å². The number of nitrogens with one attached hydrogen (secondary N) is 3. The number of rotatable bonds is 6. The first-order valence-electron chi connectivity index (χ1n) is 7.83. The molecule has 1 heterocycles. The smallest absolute Gasteiger partial charge is 0.409 e. The van der Waals surface area contributed by atoms with Crippen LogP contribution in [-0.2, 0) is 0 Å². The molecule has 3 rings (SSSR count). The van der Waals surface area contributed by atoms with Crippen molar-refractivity contribution in [1.29, 1.82) is 0 Å². The predicted octanol–water partition coefficient (Wildman–Crippen LogP) is 4.07. The van der Waals surface area contributed by atoms with Crippen LogP contribution in [-0.4, -0.2) is 28.7 Å². The van der Waals surface area contributed by atoms with E-state index in [1.165, 1.54) is 0 Å². The van der Waals surface area contributed by atoms with Gasteiger partial charge in [0.2, 0.25) is 0 Å². The number of para-hydroxylation sites is 2. The van der Waals surface area contributed by atoms with Crippen LogP contribution in [0.4, 0.5) is 16.2 Å². The van der Waals surface area contributed by atoms with Crippen LogP contribution in [0.5, 0.6) is 5.75 Å². The number of carbonyl (C=O) groups excluding carboxylic acids is 1. The molecule has 2 amide bonds. The van der Waals surface area contributed by atoms with Gasteiger partial charge < -0.3 is 20.1 Å². The van der Waals surface area contributed by atoms with Gasteiger partial charge in [-0.05, 0) is 36.4 Å². The van der Waals surface area contributed by atoms with Gasteiger partial charge in [0.1, 0.15) is 18.1 Å². The summed E-state index contributed by atoms with van der Waals surface area (Å²) in [4.78, 5) is 26.4. The number of aromatic amines is 1. The van der Waals surface area contributed by atoms with Crippen molar-refractivity contribution in [3.63, 3.8) is 0 Å². The second-order valence-electron chi connectivity index (χ2n) is 5.46. The molecule has 0 radical (unpaired) electrons. The lowest BCUT2D eigenvalue weighted by Gasteiger charge is -2.09. The van der Waals surface area contributed by atoms with E-state index in [9.17, 15) is 9.59 Å². The molecule has 0 spiro atoms. The molecule has 0 unspecified atom stereocenters. The Kier molecular flexibility index (Phi) is 4.89. The standard InChI is InChI=1S/C19H17N3O4/c1-2-9-26-13-7-8-14-12(10-13)11-17(20-14)18(23)21-15-5-3-4-6-16(15)22-19(24)25/h2-8,10-11,20,22H,1,9H2,(H,21,23)(H,24,25). The van der Waals surface area contributed by atoms with Gasteiger partial charge in [0.15, 0.2) is 0 Å². The molecular weight excluding hydrogens is 334 g/mol. The van der Waals surface area contributed by atoms with Crippen molar-refractivity contribution in [1.82, 2.24) is 4.98 Å². The highest BCUT2D eigenvalue weighted by atomic mass is 16.5. The molecule has 1 aromatic heterocycles. The third kappa shape index (κ3) is 3.84. The van der Waals surface area contributed by atoms with Gasteiger partial charge in [-0.1, -0.05) is 24.8 Å². The summed E-state index contributed by atoms with van der Waals surface area (Å²) in [6.45, 7) is 4.00. The Labute approximate surface area is 149 Å². The zero-order valence-corrected chi connectivity index (χ0v) is 13.8. The summed E-state index contributed by atoms with van der Waals surface area (Å²) < 4.78 is 5.48. The molecule has 0 saturated heterocycles. The van der Waals surface area contributed by atoms with Gasteiger partial charge in [0.05, 0.1) is 11.4 Å². The molecule has 0 aliphatic heterocycles. The molecule has 26 heavy (non-hydrogen) atoms. The number of H-pyrrole nitrogens is 1. The molecule has 0 saturated carbocycles. The maximum absolute atomic E-state index is 12.5.